The predicted octanol–water partition coefficient (Wildman–Crippen LogP) is 3.62. The molecule has 0 spiro atoms. The normalized spacial score (nSPS) is 24.3. The highest BCUT2D eigenvalue weighted by Crippen LogP contribution is 2.36. The molecule has 2 saturated heterocycles. The van der Waals surface area contributed by atoms with Crippen molar-refractivity contribution in [3.63, 3.8) is 0 Å². The molecular formula is C20H27FN2O2S. The molecule has 0 N–H and O–H groups in total. The van der Waals surface area contributed by atoms with Crippen molar-refractivity contribution in [3.05, 3.63) is 35.6 Å². The van der Waals surface area contributed by atoms with E-state index in [0.717, 1.165) is 25.9 Å². The minimum absolute atomic E-state index is 0.0368. The minimum atomic E-state index is -0.432. The molecule has 1 aromatic rings. The van der Waals surface area contributed by atoms with E-state index in [4.69, 9.17) is 0 Å². The number of likely N-dealkylation sites (tertiary alicyclic amines) is 1. The Kier molecular flexibility index (Phi) is 5.90. The lowest BCUT2D eigenvalue weighted by molar-refractivity contribution is -0.136. The van der Waals surface area contributed by atoms with Gasteiger partial charge in [0.15, 0.2) is 0 Å². The number of nitrogens with zero attached hydrogens (tertiary/aromatic N) is 2. The van der Waals surface area contributed by atoms with Crippen molar-refractivity contribution in [3.8, 4) is 0 Å². The Hall–Kier alpha value is -1.56. The van der Waals surface area contributed by atoms with Crippen LogP contribution in [0, 0.1) is 17.7 Å². The topological polar surface area (TPSA) is 40.6 Å². The molecule has 0 unspecified atom stereocenters. The van der Waals surface area contributed by atoms with Gasteiger partial charge in [-0.15, -0.1) is 11.8 Å². The first-order chi connectivity index (χ1) is 12.4. The van der Waals surface area contributed by atoms with Crippen LogP contribution in [-0.4, -0.2) is 51.9 Å². The number of amides is 2. The molecule has 0 aliphatic carbocycles. The van der Waals surface area contributed by atoms with E-state index >= 15 is 0 Å². The number of rotatable bonds is 3. The summed E-state index contributed by atoms with van der Waals surface area (Å²) >= 11 is 1.67. The van der Waals surface area contributed by atoms with Gasteiger partial charge in [-0.1, -0.05) is 20.8 Å². The second kappa shape index (κ2) is 7.99. The largest absolute Gasteiger partial charge is 0.341 e. The molecule has 0 aromatic heterocycles. The zero-order valence-corrected chi connectivity index (χ0v) is 16.5. The lowest BCUT2D eigenvalue weighted by Crippen LogP contribution is -2.53. The van der Waals surface area contributed by atoms with Gasteiger partial charge >= 0.3 is 0 Å². The average molecular weight is 379 g/mol. The lowest BCUT2D eigenvalue weighted by Gasteiger charge is -2.36. The van der Waals surface area contributed by atoms with Crippen LogP contribution in [0.1, 0.15) is 44.0 Å². The monoisotopic (exact) mass is 378 g/mol. The summed E-state index contributed by atoms with van der Waals surface area (Å²) in [6, 6.07) is 5.16. The summed E-state index contributed by atoms with van der Waals surface area (Å²) in [4.78, 5) is 29.9. The molecule has 3 rings (SSSR count). The van der Waals surface area contributed by atoms with Crippen molar-refractivity contribution in [1.82, 2.24) is 9.80 Å². The van der Waals surface area contributed by atoms with Crippen LogP contribution in [-0.2, 0) is 4.79 Å². The van der Waals surface area contributed by atoms with E-state index in [1.54, 1.807) is 16.7 Å². The number of carbonyl (C=O) groups is 2. The van der Waals surface area contributed by atoms with Gasteiger partial charge in [-0.2, -0.15) is 0 Å². The highest BCUT2D eigenvalue weighted by atomic mass is 32.2. The number of piperidine rings is 1. The Bertz CT molecular complexity index is 656. The Labute approximate surface area is 159 Å². The molecule has 6 heteroatoms. The predicted molar refractivity (Wildman–Crippen MR) is 102 cm³/mol. The standard InChI is InChI=1S/C20H27FN2O2S/c1-13(2)20-23(18(24)15-4-6-16(21)7-5-15)17(12-26-20)19(25)22-10-8-14(3)9-11-22/h4-7,13-14,17,20H,8-12H2,1-3H3/t17-,20-/m1/s1. The third kappa shape index (κ3) is 3.90. The van der Waals surface area contributed by atoms with Crippen LogP contribution in [0.25, 0.3) is 0 Å². The van der Waals surface area contributed by atoms with E-state index in [1.807, 2.05) is 4.90 Å². The van der Waals surface area contributed by atoms with Crippen LogP contribution in [0.15, 0.2) is 24.3 Å². The van der Waals surface area contributed by atoms with E-state index in [2.05, 4.69) is 20.8 Å². The maximum absolute atomic E-state index is 13.2. The number of carbonyl (C=O) groups excluding carboxylic acids is 2. The number of halogens is 1. The van der Waals surface area contributed by atoms with Gasteiger partial charge in [-0.25, -0.2) is 4.39 Å². The zero-order valence-electron chi connectivity index (χ0n) is 15.7. The SMILES string of the molecule is CC1CCN(C(=O)[C@H]2CS[C@H](C(C)C)N2C(=O)c2ccc(F)cc2)CC1. The molecule has 2 aliphatic rings. The van der Waals surface area contributed by atoms with E-state index < -0.39 is 6.04 Å². The quantitative estimate of drug-likeness (QED) is 0.807. The van der Waals surface area contributed by atoms with Crippen LogP contribution in [0.2, 0.25) is 0 Å². The van der Waals surface area contributed by atoms with Gasteiger partial charge in [0.1, 0.15) is 11.9 Å². The fourth-order valence-electron chi connectivity index (χ4n) is 3.67. The number of hydrogen-bond donors (Lipinski definition) is 0. The molecule has 2 atom stereocenters. The van der Waals surface area contributed by atoms with Gasteiger partial charge in [0.05, 0.1) is 5.37 Å². The zero-order chi connectivity index (χ0) is 18.8. The van der Waals surface area contributed by atoms with Crippen LogP contribution < -0.4 is 0 Å². The van der Waals surface area contributed by atoms with Crippen molar-refractivity contribution < 1.29 is 14.0 Å². The molecule has 26 heavy (non-hydrogen) atoms. The molecule has 2 heterocycles. The summed E-state index contributed by atoms with van der Waals surface area (Å²) in [5, 5.41) is -0.0368. The Balaban J connectivity index is 1.83. The fraction of sp³-hybridized carbons (Fsp3) is 0.600. The maximum atomic E-state index is 13.2. The first-order valence-electron chi connectivity index (χ1n) is 9.37. The second-order valence-corrected chi connectivity index (χ2v) is 8.86. The average Bonchev–Trinajstić information content (AvgIpc) is 3.07. The fourth-order valence-corrected chi connectivity index (χ4v) is 5.14. The molecule has 2 fully saturated rings. The van der Waals surface area contributed by atoms with E-state index in [1.165, 1.54) is 24.3 Å². The lowest BCUT2D eigenvalue weighted by atomic mass is 9.98. The second-order valence-electron chi connectivity index (χ2n) is 7.71. The number of thioether (sulfide) groups is 1. The van der Waals surface area contributed by atoms with E-state index in [-0.39, 0.29) is 28.9 Å². The van der Waals surface area contributed by atoms with Crippen LogP contribution in [0.3, 0.4) is 0 Å². The highest BCUT2D eigenvalue weighted by molar-refractivity contribution is 8.00. The Morgan fingerprint density at radius 3 is 2.35 bits per heavy atom. The summed E-state index contributed by atoms with van der Waals surface area (Å²) in [6.07, 6.45) is 2.04. The summed E-state index contributed by atoms with van der Waals surface area (Å²) < 4.78 is 13.2. The summed E-state index contributed by atoms with van der Waals surface area (Å²) in [5.74, 6) is 1.02. The molecule has 2 amide bonds. The van der Waals surface area contributed by atoms with Crippen molar-refractivity contribution >= 4 is 23.6 Å². The first kappa shape index (κ1) is 19.2. The molecule has 1 aromatic carbocycles. The molecule has 0 radical (unpaired) electrons. The van der Waals surface area contributed by atoms with E-state index in [9.17, 15) is 14.0 Å². The smallest absolute Gasteiger partial charge is 0.255 e. The van der Waals surface area contributed by atoms with Gasteiger partial charge in [-0.3, -0.25) is 9.59 Å². The Morgan fingerprint density at radius 2 is 1.77 bits per heavy atom. The van der Waals surface area contributed by atoms with Crippen molar-refractivity contribution in [2.24, 2.45) is 11.8 Å². The van der Waals surface area contributed by atoms with E-state index in [0.29, 0.717) is 17.2 Å². The van der Waals surface area contributed by atoms with Crippen molar-refractivity contribution in [2.75, 3.05) is 18.8 Å². The van der Waals surface area contributed by atoms with Gasteiger partial charge in [0.25, 0.3) is 5.91 Å². The molecule has 0 bridgehead atoms. The highest BCUT2D eigenvalue weighted by Gasteiger charge is 2.44. The summed E-state index contributed by atoms with van der Waals surface area (Å²) in [7, 11) is 0. The maximum Gasteiger partial charge on any atom is 0.255 e. The van der Waals surface area contributed by atoms with Crippen LogP contribution >= 0.6 is 11.8 Å². The third-order valence-electron chi connectivity index (χ3n) is 5.31. The van der Waals surface area contributed by atoms with Gasteiger partial charge < -0.3 is 9.80 Å². The first-order valence-corrected chi connectivity index (χ1v) is 10.4. The van der Waals surface area contributed by atoms with Crippen LogP contribution in [0.5, 0.6) is 0 Å². The number of hydrogen-bond acceptors (Lipinski definition) is 3. The van der Waals surface area contributed by atoms with Crippen molar-refractivity contribution in [1.29, 1.82) is 0 Å². The molecule has 2 aliphatic heterocycles. The summed E-state index contributed by atoms with van der Waals surface area (Å²) in [5.41, 5.74) is 0.435. The van der Waals surface area contributed by atoms with Gasteiger partial charge in [0, 0.05) is 24.4 Å². The molecular weight excluding hydrogens is 351 g/mol. The van der Waals surface area contributed by atoms with Crippen LogP contribution in [0.4, 0.5) is 4.39 Å². The molecule has 0 saturated carbocycles. The number of benzene rings is 1. The summed E-state index contributed by atoms with van der Waals surface area (Å²) in [6.45, 7) is 7.89. The van der Waals surface area contributed by atoms with Gasteiger partial charge in [-0.05, 0) is 48.9 Å². The van der Waals surface area contributed by atoms with Gasteiger partial charge in [0.2, 0.25) is 5.91 Å². The van der Waals surface area contributed by atoms with Crippen molar-refractivity contribution in [2.45, 2.75) is 45.0 Å². The molecule has 4 nitrogen and oxygen atoms in total. The Morgan fingerprint density at radius 1 is 1.15 bits per heavy atom. The molecule has 142 valence electrons. The third-order valence-corrected chi connectivity index (χ3v) is 6.93. The minimum Gasteiger partial charge on any atom is -0.341 e.